The zero-order valence-corrected chi connectivity index (χ0v) is 15.1. The first-order valence-electron chi connectivity index (χ1n) is 7.20. The Kier molecular flexibility index (Phi) is 5.80. The molecule has 0 unspecified atom stereocenters. The van der Waals surface area contributed by atoms with Crippen molar-refractivity contribution in [2.45, 2.75) is 11.8 Å². The van der Waals surface area contributed by atoms with Crippen LogP contribution in [0.2, 0.25) is 5.02 Å². The molecule has 1 amide bonds. The van der Waals surface area contributed by atoms with Gasteiger partial charge in [0.1, 0.15) is 6.54 Å². The van der Waals surface area contributed by atoms with Crippen molar-refractivity contribution in [2.24, 2.45) is 5.84 Å². The number of carbonyl (C=O) groups is 1. The third-order valence-electron chi connectivity index (χ3n) is 3.57. The van der Waals surface area contributed by atoms with Crippen molar-refractivity contribution in [1.82, 2.24) is 5.43 Å². The maximum absolute atomic E-state index is 13.1. The van der Waals surface area contributed by atoms with Gasteiger partial charge in [-0.2, -0.15) is 0 Å². The van der Waals surface area contributed by atoms with E-state index in [0.29, 0.717) is 10.6 Å². The van der Waals surface area contributed by atoms with E-state index in [9.17, 15) is 23.3 Å². The summed E-state index contributed by atoms with van der Waals surface area (Å²) in [7, 11) is -4.30. The molecule has 2 rings (SSSR count). The molecule has 0 atom stereocenters. The standard InChI is InChI=1S/C15H15ClN4O5S/c1-10-13(16)6-3-7-14(10)19(9-15(21)18-17)26(24,25)12-5-2-4-11(8-12)20(22)23/h2-8H,9,17H2,1H3,(H,18,21). The Hall–Kier alpha value is -2.69. The van der Waals surface area contributed by atoms with Gasteiger partial charge in [-0.15, -0.1) is 0 Å². The third-order valence-corrected chi connectivity index (χ3v) is 5.74. The van der Waals surface area contributed by atoms with Crippen LogP contribution < -0.4 is 15.6 Å². The molecule has 11 heteroatoms. The number of nitrogens with zero attached hydrogens (tertiary/aromatic N) is 2. The number of halogens is 1. The molecule has 0 saturated carbocycles. The Balaban J connectivity index is 2.64. The number of hydrogen-bond acceptors (Lipinski definition) is 6. The fourth-order valence-corrected chi connectivity index (χ4v) is 3.91. The maximum Gasteiger partial charge on any atom is 0.270 e. The zero-order valence-electron chi connectivity index (χ0n) is 13.5. The molecular weight excluding hydrogens is 384 g/mol. The maximum atomic E-state index is 13.1. The first-order chi connectivity index (χ1) is 12.2. The fraction of sp³-hybridized carbons (Fsp3) is 0.133. The van der Waals surface area contributed by atoms with Crippen LogP contribution in [0.5, 0.6) is 0 Å². The fourth-order valence-electron chi connectivity index (χ4n) is 2.23. The summed E-state index contributed by atoms with van der Waals surface area (Å²) in [5.74, 6) is 4.31. The number of hydrazine groups is 1. The van der Waals surface area contributed by atoms with Crippen LogP contribution >= 0.6 is 11.6 Å². The van der Waals surface area contributed by atoms with Crippen molar-refractivity contribution < 1.29 is 18.1 Å². The minimum Gasteiger partial charge on any atom is -0.293 e. The lowest BCUT2D eigenvalue weighted by molar-refractivity contribution is -0.385. The molecule has 0 aliphatic rings. The van der Waals surface area contributed by atoms with Crippen molar-refractivity contribution in [3.63, 3.8) is 0 Å². The summed E-state index contributed by atoms with van der Waals surface area (Å²) in [6.07, 6.45) is 0. The Bertz CT molecular complexity index is 964. The number of nitrogens with two attached hydrogens (primary N) is 1. The van der Waals surface area contributed by atoms with Crippen LogP contribution in [0.15, 0.2) is 47.4 Å². The second-order valence-corrected chi connectivity index (χ2v) is 7.49. The number of nitrogens with one attached hydrogen (secondary N) is 1. The van der Waals surface area contributed by atoms with Gasteiger partial charge in [0.25, 0.3) is 21.6 Å². The lowest BCUT2D eigenvalue weighted by Gasteiger charge is -2.25. The highest BCUT2D eigenvalue weighted by atomic mass is 35.5. The van der Waals surface area contributed by atoms with Gasteiger partial charge in [-0.25, -0.2) is 14.3 Å². The highest BCUT2D eigenvalue weighted by Crippen LogP contribution is 2.31. The number of nitro groups is 1. The molecule has 0 saturated heterocycles. The van der Waals surface area contributed by atoms with Crippen molar-refractivity contribution >= 4 is 38.9 Å². The lowest BCUT2D eigenvalue weighted by Crippen LogP contribution is -2.43. The molecule has 9 nitrogen and oxygen atoms in total. The predicted molar refractivity (Wildman–Crippen MR) is 96.1 cm³/mol. The molecule has 0 aliphatic heterocycles. The van der Waals surface area contributed by atoms with E-state index >= 15 is 0 Å². The van der Waals surface area contributed by atoms with E-state index in [1.807, 2.05) is 5.43 Å². The van der Waals surface area contributed by atoms with E-state index in [-0.39, 0.29) is 10.6 Å². The highest BCUT2D eigenvalue weighted by Gasteiger charge is 2.29. The topological polar surface area (TPSA) is 136 Å². The number of rotatable bonds is 6. The largest absolute Gasteiger partial charge is 0.293 e. The number of benzene rings is 2. The van der Waals surface area contributed by atoms with Crippen molar-refractivity contribution in [3.8, 4) is 0 Å². The number of nitro benzene ring substituents is 1. The van der Waals surface area contributed by atoms with Crippen LogP contribution in [-0.4, -0.2) is 25.8 Å². The average molecular weight is 399 g/mol. The summed E-state index contributed by atoms with van der Waals surface area (Å²) in [6, 6.07) is 9.11. The molecule has 138 valence electrons. The lowest BCUT2D eigenvalue weighted by atomic mass is 10.2. The van der Waals surface area contributed by atoms with Gasteiger partial charge < -0.3 is 0 Å². The number of carbonyl (C=O) groups excluding carboxylic acids is 1. The second kappa shape index (κ2) is 7.68. The monoisotopic (exact) mass is 398 g/mol. The predicted octanol–water partition coefficient (Wildman–Crippen LogP) is 1.74. The molecular formula is C15H15ClN4O5S. The first kappa shape index (κ1) is 19.6. The molecule has 26 heavy (non-hydrogen) atoms. The smallest absolute Gasteiger partial charge is 0.270 e. The Labute approximate surface area is 154 Å². The van der Waals surface area contributed by atoms with Crippen LogP contribution in [0, 0.1) is 17.0 Å². The summed E-state index contributed by atoms with van der Waals surface area (Å²) in [6.45, 7) is 0.969. The number of non-ortho nitro benzene ring substituents is 1. The van der Waals surface area contributed by atoms with Gasteiger partial charge in [0.05, 0.1) is 15.5 Å². The van der Waals surface area contributed by atoms with Crippen molar-refractivity contribution in [3.05, 3.63) is 63.2 Å². The van der Waals surface area contributed by atoms with Gasteiger partial charge in [0.15, 0.2) is 0 Å². The van der Waals surface area contributed by atoms with E-state index in [4.69, 9.17) is 17.4 Å². The average Bonchev–Trinajstić information content (AvgIpc) is 2.62. The molecule has 0 heterocycles. The van der Waals surface area contributed by atoms with Gasteiger partial charge in [0.2, 0.25) is 0 Å². The zero-order chi connectivity index (χ0) is 19.5. The molecule has 0 fully saturated rings. The van der Waals surface area contributed by atoms with Gasteiger partial charge in [0, 0.05) is 17.2 Å². The summed E-state index contributed by atoms with van der Waals surface area (Å²) in [5, 5.41) is 11.2. The summed E-state index contributed by atoms with van der Waals surface area (Å²) < 4.78 is 26.9. The van der Waals surface area contributed by atoms with Crippen molar-refractivity contribution in [1.29, 1.82) is 0 Å². The molecule has 2 aromatic rings. The molecule has 0 aromatic heterocycles. The first-order valence-corrected chi connectivity index (χ1v) is 9.02. The second-order valence-electron chi connectivity index (χ2n) is 5.22. The third kappa shape index (κ3) is 3.93. The van der Waals surface area contributed by atoms with Gasteiger partial charge in [-0.1, -0.05) is 23.7 Å². The van der Waals surface area contributed by atoms with Gasteiger partial charge in [-0.3, -0.25) is 24.6 Å². The molecule has 0 aliphatic carbocycles. The number of anilines is 1. The minimum atomic E-state index is -4.30. The van der Waals surface area contributed by atoms with E-state index < -0.39 is 33.1 Å². The van der Waals surface area contributed by atoms with Crippen LogP contribution in [-0.2, 0) is 14.8 Å². The van der Waals surface area contributed by atoms with E-state index in [1.165, 1.54) is 30.3 Å². The SMILES string of the molecule is Cc1c(Cl)cccc1N(CC(=O)NN)S(=O)(=O)c1cccc([N+](=O)[O-])c1. The normalized spacial score (nSPS) is 11.0. The Morgan fingerprint density at radius 1 is 1.31 bits per heavy atom. The Morgan fingerprint density at radius 3 is 2.58 bits per heavy atom. The number of hydrogen-bond donors (Lipinski definition) is 2. The van der Waals surface area contributed by atoms with Gasteiger partial charge >= 0.3 is 0 Å². The highest BCUT2D eigenvalue weighted by molar-refractivity contribution is 7.92. The molecule has 0 bridgehead atoms. The molecule has 0 spiro atoms. The molecule has 2 aromatic carbocycles. The summed E-state index contributed by atoms with van der Waals surface area (Å²) in [4.78, 5) is 21.7. The quantitative estimate of drug-likeness (QED) is 0.329. The van der Waals surface area contributed by atoms with Crippen LogP contribution in [0.4, 0.5) is 11.4 Å². The van der Waals surface area contributed by atoms with Crippen molar-refractivity contribution in [2.75, 3.05) is 10.8 Å². The van der Waals surface area contributed by atoms with Crippen LogP contribution in [0.1, 0.15) is 5.56 Å². The number of amides is 1. The van der Waals surface area contributed by atoms with Crippen LogP contribution in [0.3, 0.4) is 0 Å². The minimum absolute atomic E-state index is 0.160. The van der Waals surface area contributed by atoms with Gasteiger partial charge in [-0.05, 0) is 30.7 Å². The summed E-state index contributed by atoms with van der Waals surface area (Å²) in [5.41, 5.74) is 2.06. The van der Waals surface area contributed by atoms with Crippen LogP contribution in [0.25, 0.3) is 0 Å². The van der Waals surface area contributed by atoms with E-state index in [2.05, 4.69) is 0 Å². The summed E-state index contributed by atoms with van der Waals surface area (Å²) >= 11 is 6.06. The molecule has 3 N–H and O–H groups in total. The van der Waals surface area contributed by atoms with E-state index in [1.54, 1.807) is 13.0 Å². The van der Waals surface area contributed by atoms with E-state index in [0.717, 1.165) is 10.4 Å². The Morgan fingerprint density at radius 2 is 1.96 bits per heavy atom. The number of sulfonamides is 1. The molecule has 0 radical (unpaired) electrons.